The number of benzene rings is 1. The molecule has 1 aromatic rings. The number of carbonyl (C=O) groups excluding carboxylic acids is 1. The third kappa shape index (κ3) is 2.33. The number of hydrogen-bond donors (Lipinski definition) is 2. The lowest BCUT2D eigenvalue weighted by Gasteiger charge is -2.21. The first kappa shape index (κ1) is 12.9. The van der Waals surface area contributed by atoms with Crippen molar-refractivity contribution in [2.45, 2.75) is 25.3 Å². The van der Waals surface area contributed by atoms with Gasteiger partial charge >= 0.3 is 12.0 Å². The number of urea groups is 1. The Morgan fingerprint density at radius 2 is 2.15 bits per heavy atom. The van der Waals surface area contributed by atoms with Crippen LogP contribution in [0.2, 0.25) is 0 Å². The molecule has 1 heterocycles. The molecule has 6 heteroatoms. The van der Waals surface area contributed by atoms with Gasteiger partial charge < -0.3 is 10.4 Å². The quantitative estimate of drug-likeness (QED) is 0.885. The Labute approximate surface area is 115 Å². The van der Waals surface area contributed by atoms with Gasteiger partial charge in [-0.25, -0.2) is 14.0 Å². The van der Waals surface area contributed by atoms with Crippen LogP contribution in [0.1, 0.15) is 18.4 Å². The van der Waals surface area contributed by atoms with Crippen LogP contribution in [-0.4, -0.2) is 29.7 Å². The summed E-state index contributed by atoms with van der Waals surface area (Å²) >= 11 is 0. The SMILES string of the molecule is O=C(O)C(NC(=O)N1CCc2ccc(F)cc21)C1CC1. The van der Waals surface area contributed by atoms with Gasteiger partial charge in [0.05, 0.1) is 5.69 Å². The lowest BCUT2D eigenvalue weighted by atomic mass is 10.2. The molecular formula is C14H15FN2O3. The maximum atomic E-state index is 13.3. The Balaban J connectivity index is 1.76. The van der Waals surface area contributed by atoms with Crippen LogP contribution >= 0.6 is 0 Å². The fourth-order valence-corrected chi connectivity index (χ4v) is 2.59. The highest BCUT2D eigenvalue weighted by atomic mass is 19.1. The maximum Gasteiger partial charge on any atom is 0.326 e. The van der Waals surface area contributed by atoms with E-state index in [2.05, 4.69) is 5.32 Å². The number of nitrogens with one attached hydrogen (secondary N) is 1. The molecule has 5 nitrogen and oxygen atoms in total. The van der Waals surface area contributed by atoms with Crippen molar-refractivity contribution in [3.05, 3.63) is 29.6 Å². The topological polar surface area (TPSA) is 69.6 Å². The molecule has 20 heavy (non-hydrogen) atoms. The van der Waals surface area contributed by atoms with Gasteiger partial charge in [-0.2, -0.15) is 0 Å². The molecule has 2 N–H and O–H groups in total. The number of hydrogen-bond acceptors (Lipinski definition) is 2. The van der Waals surface area contributed by atoms with Crippen LogP contribution in [0.25, 0.3) is 0 Å². The van der Waals surface area contributed by atoms with Crippen LogP contribution in [0, 0.1) is 11.7 Å². The first-order valence-corrected chi connectivity index (χ1v) is 6.65. The number of halogens is 1. The van der Waals surface area contributed by atoms with Crippen LogP contribution < -0.4 is 10.2 Å². The number of anilines is 1. The third-order valence-electron chi connectivity index (χ3n) is 3.83. The minimum atomic E-state index is -1.01. The number of carbonyl (C=O) groups is 2. The average Bonchev–Trinajstić information content (AvgIpc) is 3.15. The summed E-state index contributed by atoms with van der Waals surface area (Å²) in [7, 11) is 0. The first-order valence-electron chi connectivity index (χ1n) is 6.65. The number of amides is 2. The zero-order valence-corrected chi connectivity index (χ0v) is 10.8. The summed E-state index contributed by atoms with van der Waals surface area (Å²) in [6.45, 7) is 0.446. The second-order valence-corrected chi connectivity index (χ2v) is 5.28. The fourth-order valence-electron chi connectivity index (χ4n) is 2.59. The molecule has 3 rings (SSSR count). The Kier molecular flexibility index (Phi) is 3.08. The predicted molar refractivity (Wildman–Crippen MR) is 70.1 cm³/mol. The van der Waals surface area contributed by atoms with Crippen molar-refractivity contribution in [2.24, 2.45) is 5.92 Å². The minimum absolute atomic E-state index is 0.0195. The summed E-state index contributed by atoms with van der Waals surface area (Å²) < 4.78 is 13.3. The molecule has 106 valence electrons. The monoisotopic (exact) mass is 278 g/mol. The van der Waals surface area contributed by atoms with Crippen molar-refractivity contribution in [3.8, 4) is 0 Å². The maximum absolute atomic E-state index is 13.3. The van der Waals surface area contributed by atoms with Crippen LogP contribution in [0.4, 0.5) is 14.9 Å². The largest absolute Gasteiger partial charge is 0.480 e. The first-order chi connectivity index (χ1) is 9.56. The fraction of sp³-hybridized carbons (Fsp3) is 0.429. The molecule has 1 unspecified atom stereocenters. The smallest absolute Gasteiger partial charge is 0.326 e. The van der Waals surface area contributed by atoms with Gasteiger partial charge in [0.2, 0.25) is 0 Å². The lowest BCUT2D eigenvalue weighted by Crippen LogP contribution is -2.48. The number of fused-ring (bicyclic) bond motifs is 1. The summed E-state index contributed by atoms with van der Waals surface area (Å²) in [6.07, 6.45) is 2.30. The summed E-state index contributed by atoms with van der Waals surface area (Å²) in [5.41, 5.74) is 1.43. The van der Waals surface area contributed by atoms with Crippen molar-refractivity contribution in [1.29, 1.82) is 0 Å². The summed E-state index contributed by atoms with van der Waals surface area (Å²) in [4.78, 5) is 24.7. The van der Waals surface area contributed by atoms with Gasteiger partial charge in [-0.3, -0.25) is 4.90 Å². The molecule has 1 saturated carbocycles. The van der Waals surface area contributed by atoms with Gasteiger partial charge in [0.25, 0.3) is 0 Å². The van der Waals surface area contributed by atoms with E-state index in [4.69, 9.17) is 5.11 Å². The third-order valence-corrected chi connectivity index (χ3v) is 3.83. The van der Waals surface area contributed by atoms with E-state index >= 15 is 0 Å². The average molecular weight is 278 g/mol. The summed E-state index contributed by atoms with van der Waals surface area (Å²) in [5.74, 6) is -1.40. The second kappa shape index (κ2) is 4.77. The lowest BCUT2D eigenvalue weighted by molar-refractivity contribution is -0.139. The Bertz CT molecular complexity index is 572. The van der Waals surface area contributed by atoms with Crippen molar-refractivity contribution in [2.75, 3.05) is 11.4 Å². The summed E-state index contributed by atoms with van der Waals surface area (Å²) in [5, 5.41) is 11.7. The molecule has 1 fully saturated rings. The standard InChI is InChI=1S/C14H15FN2O3/c15-10-4-3-8-5-6-17(11(8)7-10)14(20)16-12(13(18)19)9-1-2-9/h3-4,7,9,12H,1-2,5-6H2,(H,16,20)(H,18,19). The van der Waals surface area contributed by atoms with E-state index in [-0.39, 0.29) is 5.92 Å². The van der Waals surface area contributed by atoms with E-state index < -0.39 is 23.9 Å². The van der Waals surface area contributed by atoms with Gasteiger partial charge in [-0.05, 0) is 42.9 Å². The second-order valence-electron chi connectivity index (χ2n) is 5.28. The van der Waals surface area contributed by atoms with E-state index in [1.165, 1.54) is 17.0 Å². The van der Waals surface area contributed by atoms with Crippen LogP contribution in [0.3, 0.4) is 0 Å². The molecule has 0 aromatic heterocycles. The van der Waals surface area contributed by atoms with Crippen molar-refractivity contribution in [1.82, 2.24) is 5.32 Å². The van der Waals surface area contributed by atoms with Gasteiger partial charge in [-0.15, -0.1) is 0 Å². The molecule has 0 bridgehead atoms. The molecule has 2 amide bonds. The molecule has 1 atom stereocenters. The van der Waals surface area contributed by atoms with E-state index in [1.807, 2.05) is 0 Å². The van der Waals surface area contributed by atoms with Crippen LogP contribution in [0.15, 0.2) is 18.2 Å². The van der Waals surface area contributed by atoms with E-state index in [9.17, 15) is 14.0 Å². The van der Waals surface area contributed by atoms with Gasteiger partial charge in [0.1, 0.15) is 11.9 Å². The number of nitrogens with zero attached hydrogens (tertiary/aromatic N) is 1. The highest BCUT2D eigenvalue weighted by molar-refractivity contribution is 5.96. The highest BCUT2D eigenvalue weighted by Gasteiger charge is 2.38. The predicted octanol–water partition coefficient (Wildman–Crippen LogP) is 1.76. The van der Waals surface area contributed by atoms with Gasteiger partial charge in [0.15, 0.2) is 0 Å². The normalized spacial score (nSPS) is 18.6. The zero-order valence-electron chi connectivity index (χ0n) is 10.8. The molecule has 0 radical (unpaired) electrons. The minimum Gasteiger partial charge on any atom is -0.480 e. The van der Waals surface area contributed by atoms with Crippen molar-refractivity contribution in [3.63, 3.8) is 0 Å². The van der Waals surface area contributed by atoms with Crippen molar-refractivity contribution < 1.29 is 19.1 Å². The van der Waals surface area contributed by atoms with Gasteiger partial charge in [-0.1, -0.05) is 6.07 Å². The molecule has 1 aromatic carbocycles. The van der Waals surface area contributed by atoms with E-state index in [0.29, 0.717) is 18.7 Å². The molecule has 2 aliphatic rings. The molecule has 1 aliphatic heterocycles. The zero-order chi connectivity index (χ0) is 14.3. The Morgan fingerprint density at radius 1 is 1.40 bits per heavy atom. The highest BCUT2D eigenvalue weighted by Crippen LogP contribution is 2.33. The molecule has 1 aliphatic carbocycles. The van der Waals surface area contributed by atoms with Gasteiger partial charge in [0, 0.05) is 6.54 Å². The summed E-state index contributed by atoms with van der Waals surface area (Å²) in [6, 6.07) is 3.03. The Morgan fingerprint density at radius 3 is 2.80 bits per heavy atom. The number of rotatable bonds is 3. The molecule has 0 spiro atoms. The van der Waals surface area contributed by atoms with Crippen LogP contribution in [0.5, 0.6) is 0 Å². The molecule has 0 saturated heterocycles. The Hall–Kier alpha value is -2.11. The van der Waals surface area contributed by atoms with Crippen LogP contribution in [-0.2, 0) is 11.2 Å². The number of carboxylic acids is 1. The molecular weight excluding hydrogens is 263 g/mol. The van der Waals surface area contributed by atoms with Crippen molar-refractivity contribution >= 4 is 17.7 Å². The number of carboxylic acid groups (broad SMARTS) is 1. The van der Waals surface area contributed by atoms with E-state index in [1.54, 1.807) is 6.07 Å². The van der Waals surface area contributed by atoms with E-state index in [0.717, 1.165) is 18.4 Å². The number of aliphatic carboxylic acids is 1.